The van der Waals surface area contributed by atoms with Gasteiger partial charge in [-0.05, 0) is 49.8 Å². The first-order chi connectivity index (χ1) is 18.9. The molecule has 2 fully saturated rings. The van der Waals surface area contributed by atoms with Crippen molar-refractivity contribution >= 4 is 39.1 Å². The van der Waals surface area contributed by atoms with Gasteiger partial charge in [0.15, 0.2) is 0 Å². The maximum absolute atomic E-state index is 13.5. The van der Waals surface area contributed by atoms with Crippen LogP contribution in [-0.2, 0) is 0 Å². The number of carbonyl (C=O) groups is 2. The first-order valence-corrected chi connectivity index (χ1v) is 14.0. The number of hydrogen-bond donors (Lipinski definition) is 1. The first-order valence-electron chi connectivity index (χ1n) is 13.2. The fraction of sp³-hybridized carbons (Fsp3) is 0.345. The SMILES string of the molecule is O=C(c1cncc(-c2ccccc2)c1)N1CCC[C@@H](Nc2c(C(=O)N3CCCCC3)cc(Br)cc2[N+](=O)[O-])C1. The summed E-state index contributed by atoms with van der Waals surface area (Å²) in [6.07, 6.45) is 7.67. The molecule has 202 valence electrons. The smallest absolute Gasteiger partial charge is 0.294 e. The fourth-order valence-corrected chi connectivity index (χ4v) is 5.78. The van der Waals surface area contributed by atoms with Gasteiger partial charge in [0.2, 0.25) is 0 Å². The van der Waals surface area contributed by atoms with Crippen molar-refractivity contribution in [2.24, 2.45) is 0 Å². The van der Waals surface area contributed by atoms with Crippen molar-refractivity contribution in [3.05, 3.63) is 86.6 Å². The third-order valence-electron chi connectivity index (χ3n) is 7.30. The molecular formula is C29H30BrN5O4. The van der Waals surface area contributed by atoms with E-state index in [1.54, 1.807) is 28.3 Å². The average Bonchev–Trinajstić information content (AvgIpc) is 2.98. The summed E-state index contributed by atoms with van der Waals surface area (Å²) in [5.41, 5.74) is 2.67. The lowest BCUT2D eigenvalue weighted by molar-refractivity contribution is -0.384. The first kappa shape index (κ1) is 26.8. The van der Waals surface area contributed by atoms with Crippen molar-refractivity contribution in [1.82, 2.24) is 14.8 Å². The van der Waals surface area contributed by atoms with Crippen molar-refractivity contribution in [1.29, 1.82) is 0 Å². The number of benzene rings is 2. The lowest BCUT2D eigenvalue weighted by Gasteiger charge is -2.34. The van der Waals surface area contributed by atoms with Crippen molar-refractivity contribution < 1.29 is 14.5 Å². The molecule has 3 aromatic rings. The largest absolute Gasteiger partial charge is 0.374 e. The summed E-state index contributed by atoms with van der Waals surface area (Å²) in [5, 5.41) is 15.3. The molecule has 2 aliphatic rings. The van der Waals surface area contributed by atoms with Crippen LogP contribution in [0.1, 0.15) is 52.8 Å². The Bertz CT molecular complexity index is 1380. The Hall–Kier alpha value is -3.79. The molecular weight excluding hydrogens is 562 g/mol. The highest BCUT2D eigenvalue weighted by Gasteiger charge is 2.31. The molecule has 0 bridgehead atoms. The third kappa shape index (κ3) is 6.11. The van der Waals surface area contributed by atoms with Crippen LogP contribution in [0.5, 0.6) is 0 Å². The number of pyridine rings is 1. The molecule has 3 heterocycles. The number of hydrogen-bond acceptors (Lipinski definition) is 6. The van der Waals surface area contributed by atoms with E-state index >= 15 is 0 Å². The van der Waals surface area contributed by atoms with Crippen LogP contribution in [0.15, 0.2) is 65.4 Å². The maximum Gasteiger partial charge on any atom is 0.294 e. The Morgan fingerprint density at radius 2 is 1.67 bits per heavy atom. The molecule has 2 amide bonds. The number of rotatable bonds is 6. The summed E-state index contributed by atoms with van der Waals surface area (Å²) in [4.78, 5) is 46.3. The second kappa shape index (κ2) is 11.9. The zero-order valence-electron chi connectivity index (χ0n) is 21.5. The number of piperidine rings is 2. The monoisotopic (exact) mass is 591 g/mol. The number of amides is 2. The van der Waals surface area contributed by atoms with Gasteiger partial charge in [-0.25, -0.2) is 0 Å². The van der Waals surface area contributed by atoms with Gasteiger partial charge in [0.25, 0.3) is 17.5 Å². The van der Waals surface area contributed by atoms with Gasteiger partial charge in [-0.1, -0.05) is 46.3 Å². The highest BCUT2D eigenvalue weighted by molar-refractivity contribution is 9.10. The van der Waals surface area contributed by atoms with Crippen LogP contribution < -0.4 is 5.32 Å². The van der Waals surface area contributed by atoms with Crippen molar-refractivity contribution in [3.63, 3.8) is 0 Å². The summed E-state index contributed by atoms with van der Waals surface area (Å²) in [6, 6.07) is 14.4. The van der Waals surface area contributed by atoms with Gasteiger partial charge in [0, 0.05) is 60.7 Å². The summed E-state index contributed by atoms with van der Waals surface area (Å²) in [7, 11) is 0. The molecule has 2 aliphatic heterocycles. The summed E-state index contributed by atoms with van der Waals surface area (Å²) in [5.74, 6) is -0.351. The zero-order chi connectivity index (χ0) is 27.4. The lowest BCUT2D eigenvalue weighted by atomic mass is 10.0. The number of nitrogens with zero attached hydrogens (tertiary/aromatic N) is 4. The van der Waals surface area contributed by atoms with Gasteiger partial charge in [-0.15, -0.1) is 0 Å². The Labute approximate surface area is 235 Å². The van der Waals surface area contributed by atoms with E-state index in [-0.39, 0.29) is 34.8 Å². The van der Waals surface area contributed by atoms with E-state index in [0.717, 1.165) is 43.2 Å². The van der Waals surface area contributed by atoms with Crippen molar-refractivity contribution in [2.75, 3.05) is 31.5 Å². The van der Waals surface area contributed by atoms with Crippen LogP contribution in [-0.4, -0.2) is 63.7 Å². The number of nitro groups is 1. The molecule has 0 spiro atoms. The molecule has 1 atom stereocenters. The lowest BCUT2D eigenvalue weighted by Crippen LogP contribution is -2.45. The molecule has 39 heavy (non-hydrogen) atoms. The van der Waals surface area contributed by atoms with Crippen LogP contribution in [0.25, 0.3) is 11.1 Å². The molecule has 5 rings (SSSR count). The summed E-state index contributed by atoms with van der Waals surface area (Å²) < 4.78 is 0.478. The Balaban J connectivity index is 1.38. The maximum atomic E-state index is 13.5. The second-order valence-electron chi connectivity index (χ2n) is 10.0. The second-order valence-corrected chi connectivity index (χ2v) is 10.9. The van der Waals surface area contributed by atoms with Crippen molar-refractivity contribution in [3.8, 4) is 11.1 Å². The van der Waals surface area contributed by atoms with Crippen molar-refractivity contribution in [2.45, 2.75) is 38.1 Å². The average molecular weight is 592 g/mol. The quantitative estimate of drug-likeness (QED) is 0.288. The van der Waals surface area contributed by atoms with E-state index in [1.165, 1.54) is 6.07 Å². The number of nitro benzene ring substituents is 1. The molecule has 10 heteroatoms. The number of aromatic nitrogens is 1. The van der Waals surface area contributed by atoms with Gasteiger partial charge >= 0.3 is 0 Å². The summed E-state index contributed by atoms with van der Waals surface area (Å²) in [6.45, 7) is 2.22. The van der Waals surface area contributed by atoms with Gasteiger partial charge in [-0.3, -0.25) is 24.7 Å². The molecule has 2 saturated heterocycles. The van der Waals surface area contributed by atoms with Crippen LogP contribution in [0.2, 0.25) is 0 Å². The van der Waals surface area contributed by atoms with Crippen LogP contribution in [0.3, 0.4) is 0 Å². The number of nitrogens with one attached hydrogen (secondary N) is 1. The van der Waals surface area contributed by atoms with Gasteiger partial charge in [0.1, 0.15) is 5.69 Å². The zero-order valence-corrected chi connectivity index (χ0v) is 23.1. The van der Waals surface area contributed by atoms with E-state index in [2.05, 4.69) is 26.2 Å². The minimum absolute atomic E-state index is 0.137. The molecule has 9 nitrogen and oxygen atoms in total. The number of halogens is 1. The van der Waals surface area contributed by atoms with E-state index in [0.29, 0.717) is 36.2 Å². The minimum Gasteiger partial charge on any atom is -0.374 e. The molecule has 1 aromatic heterocycles. The fourth-order valence-electron chi connectivity index (χ4n) is 5.34. The third-order valence-corrected chi connectivity index (χ3v) is 7.76. The normalized spacial score (nSPS) is 17.5. The molecule has 2 aromatic carbocycles. The van der Waals surface area contributed by atoms with Crippen LogP contribution in [0, 0.1) is 10.1 Å². The van der Waals surface area contributed by atoms with Crippen LogP contribution >= 0.6 is 15.9 Å². The van der Waals surface area contributed by atoms with Gasteiger partial charge < -0.3 is 15.1 Å². The topological polar surface area (TPSA) is 109 Å². The van der Waals surface area contributed by atoms with E-state index in [4.69, 9.17) is 0 Å². The predicted octanol–water partition coefficient (Wildman–Crippen LogP) is 5.76. The van der Waals surface area contributed by atoms with Gasteiger partial charge in [0.05, 0.1) is 16.1 Å². The highest BCUT2D eigenvalue weighted by Crippen LogP contribution is 2.35. The highest BCUT2D eigenvalue weighted by atomic mass is 79.9. The van der Waals surface area contributed by atoms with Crippen LogP contribution in [0.4, 0.5) is 11.4 Å². The minimum atomic E-state index is -0.466. The predicted molar refractivity (Wildman–Crippen MR) is 153 cm³/mol. The Kier molecular flexibility index (Phi) is 8.21. The van der Waals surface area contributed by atoms with E-state index in [1.807, 2.05) is 36.4 Å². The number of carbonyl (C=O) groups excluding carboxylic acids is 2. The number of likely N-dealkylation sites (tertiary alicyclic amines) is 2. The molecule has 0 saturated carbocycles. The molecule has 0 unspecified atom stereocenters. The Morgan fingerprint density at radius 1 is 0.923 bits per heavy atom. The van der Waals surface area contributed by atoms with Gasteiger partial charge in [-0.2, -0.15) is 0 Å². The van der Waals surface area contributed by atoms with E-state index < -0.39 is 4.92 Å². The molecule has 0 aliphatic carbocycles. The van der Waals surface area contributed by atoms with E-state index in [9.17, 15) is 19.7 Å². The number of anilines is 1. The standard InChI is InChI=1S/C29H30BrN5O4/c30-23-15-25(29(37)33-11-5-2-6-12-33)27(26(16-23)35(38)39)32-24-10-7-13-34(19-24)28(36)22-14-21(17-31-18-22)20-8-3-1-4-9-20/h1,3-4,8-9,14-18,24,32H,2,5-7,10-13,19H2/t24-/m1/s1. The summed E-state index contributed by atoms with van der Waals surface area (Å²) >= 11 is 3.35. The molecule has 0 radical (unpaired) electrons. The molecule has 1 N–H and O–H groups in total. The Morgan fingerprint density at radius 3 is 2.41 bits per heavy atom.